The van der Waals surface area contributed by atoms with Gasteiger partial charge in [0, 0.05) is 28.2 Å². The number of carbonyl (C=O) groups excluding carboxylic acids is 1. The highest BCUT2D eigenvalue weighted by atomic mass is 35.5. The lowest BCUT2D eigenvalue weighted by Gasteiger charge is -2.31. The predicted octanol–water partition coefficient (Wildman–Crippen LogP) is 3.67. The number of esters is 1. The number of rotatable bonds is 3. The molecule has 0 radical (unpaired) electrons. The van der Waals surface area contributed by atoms with Crippen LogP contribution in [0.15, 0.2) is 53.5 Å². The van der Waals surface area contributed by atoms with E-state index in [2.05, 4.69) is 10.2 Å². The summed E-state index contributed by atoms with van der Waals surface area (Å²) in [6.45, 7) is 6.22. The average Bonchev–Trinajstić information content (AvgIpc) is 2.82. The molecule has 2 heterocycles. The second-order valence-electron chi connectivity index (χ2n) is 5.58. The van der Waals surface area contributed by atoms with Crippen molar-refractivity contribution in [2.75, 3.05) is 6.61 Å². The van der Waals surface area contributed by atoms with Crippen LogP contribution in [0.25, 0.3) is 5.57 Å². The van der Waals surface area contributed by atoms with Crippen molar-refractivity contribution >= 4 is 23.1 Å². The maximum Gasteiger partial charge on any atom is 0.339 e. The Labute approximate surface area is 141 Å². The van der Waals surface area contributed by atoms with Crippen LogP contribution >= 0.6 is 11.6 Å². The lowest BCUT2D eigenvalue weighted by molar-refractivity contribution is -0.138. The molecule has 0 aromatic heterocycles. The van der Waals surface area contributed by atoms with Crippen LogP contribution in [0.5, 0.6) is 0 Å². The highest BCUT2D eigenvalue weighted by Crippen LogP contribution is 2.35. The Bertz CT molecular complexity index is 749. The smallest absolute Gasteiger partial charge is 0.339 e. The predicted molar refractivity (Wildman–Crippen MR) is 91.3 cm³/mol. The SMILES string of the molecule is CCOC(=O)C1=CN2C(C)=C(C)NC2C(c2cccc(Cl)c2)=C1. The van der Waals surface area contributed by atoms with Crippen LogP contribution in [0.1, 0.15) is 26.3 Å². The van der Waals surface area contributed by atoms with Gasteiger partial charge in [-0.25, -0.2) is 4.79 Å². The standard InChI is InChI=1S/C18H19ClN2O2/c1-4-23-18(22)14-9-16(13-6-5-7-15(19)8-13)17-20-11(2)12(3)21(17)10-14/h5-10,17,20H,4H2,1-3H3. The molecule has 0 spiro atoms. The molecule has 0 amide bonds. The fourth-order valence-corrected chi connectivity index (χ4v) is 3.02. The Morgan fingerprint density at radius 1 is 1.39 bits per heavy atom. The van der Waals surface area contributed by atoms with Crippen molar-refractivity contribution in [2.24, 2.45) is 0 Å². The fourth-order valence-electron chi connectivity index (χ4n) is 2.83. The first-order chi connectivity index (χ1) is 11.0. The van der Waals surface area contributed by atoms with E-state index in [-0.39, 0.29) is 12.1 Å². The van der Waals surface area contributed by atoms with E-state index in [4.69, 9.17) is 16.3 Å². The van der Waals surface area contributed by atoms with E-state index in [1.165, 1.54) is 0 Å². The Kier molecular flexibility index (Phi) is 4.18. The molecule has 0 saturated heterocycles. The van der Waals surface area contributed by atoms with E-state index in [1.807, 2.05) is 50.4 Å². The number of nitrogens with zero attached hydrogens (tertiary/aromatic N) is 1. The van der Waals surface area contributed by atoms with Crippen LogP contribution in [0.2, 0.25) is 5.02 Å². The fraction of sp³-hybridized carbons (Fsp3) is 0.278. The van der Waals surface area contributed by atoms with Crippen LogP contribution in [0, 0.1) is 0 Å². The van der Waals surface area contributed by atoms with Crippen molar-refractivity contribution in [3.63, 3.8) is 0 Å². The van der Waals surface area contributed by atoms with E-state index in [9.17, 15) is 4.79 Å². The maximum atomic E-state index is 12.2. The maximum absolute atomic E-state index is 12.2. The van der Waals surface area contributed by atoms with Gasteiger partial charge in [0.1, 0.15) is 6.17 Å². The van der Waals surface area contributed by atoms with Crippen LogP contribution in [0.4, 0.5) is 0 Å². The molecule has 0 saturated carbocycles. The minimum Gasteiger partial charge on any atom is -0.462 e. The van der Waals surface area contributed by atoms with Crippen molar-refractivity contribution in [1.82, 2.24) is 10.2 Å². The zero-order valence-corrected chi connectivity index (χ0v) is 14.1. The largest absolute Gasteiger partial charge is 0.462 e. The summed E-state index contributed by atoms with van der Waals surface area (Å²) < 4.78 is 5.16. The third kappa shape index (κ3) is 2.86. The molecule has 1 aromatic carbocycles. The first-order valence-electron chi connectivity index (χ1n) is 7.60. The molecule has 0 fully saturated rings. The van der Waals surface area contributed by atoms with Crippen molar-refractivity contribution in [2.45, 2.75) is 26.9 Å². The number of hydrogen-bond donors (Lipinski definition) is 1. The van der Waals surface area contributed by atoms with Gasteiger partial charge in [-0.05, 0) is 44.5 Å². The lowest BCUT2D eigenvalue weighted by atomic mass is 9.97. The normalized spacial score (nSPS) is 19.8. The number of benzene rings is 1. The summed E-state index contributed by atoms with van der Waals surface area (Å²) in [4.78, 5) is 14.3. The van der Waals surface area contributed by atoms with Crippen molar-refractivity contribution in [3.8, 4) is 0 Å². The molecular weight excluding hydrogens is 312 g/mol. The topological polar surface area (TPSA) is 41.6 Å². The number of fused-ring (bicyclic) bond motifs is 1. The first-order valence-corrected chi connectivity index (χ1v) is 7.98. The number of allylic oxidation sites excluding steroid dienone is 2. The lowest BCUT2D eigenvalue weighted by Crippen LogP contribution is -2.37. The average molecular weight is 331 g/mol. The van der Waals surface area contributed by atoms with Gasteiger partial charge in [0.25, 0.3) is 0 Å². The summed E-state index contributed by atoms with van der Waals surface area (Å²) in [5, 5.41) is 4.13. The second kappa shape index (κ2) is 6.13. The van der Waals surface area contributed by atoms with E-state index in [0.29, 0.717) is 17.2 Å². The van der Waals surface area contributed by atoms with Gasteiger partial charge in [-0.1, -0.05) is 23.7 Å². The summed E-state index contributed by atoms with van der Waals surface area (Å²) in [5.41, 5.74) is 4.69. The van der Waals surface area contributed by atoms with Gasteiger partial charge >= 0.3 is 5.97 Å². The van der Waals surface area contributed by atoms with Gasteiger partial charge in [0.15, 0.2) is 0 Å². The monoisotopic (exact) mass is 330 g/mol. The molecule has 1 unspecified atom stereocenters. The van der Waals surface area contributed by atoms with Gasteiger partial charge in [0.05, 0.1) is 12.2 Å². The van der Waals surface area contributed by atoms with Crippen LogP contribution in [-0.2, 0) is 9.53 Å². The molecule has 3 rings (SSSR count). The summed E-state index contributed by atoms with van der Waals surface area (Å²) in [7, 11) is 0. The number of halogens is 1. The third-order valence-corrected chi connectivity index (χ3v) is 4.35. The van der Waals surface area contributed by atoms with Crippen molar-refractivity contribution < 1.29 is 9.53 Å². The van der Waals surface area contributed by atoms with Crippen molar-refractivity contribution in [3.05, 3.63) is 64.1 Å². The minimum absolute atomic E-state index is 0.0355. The van der Waals surface area contributed by atoms with Crippen LogP contribution in [-0.4, -0.2) is 23.6 Å². The molecule has 1 aromatic rings. The molecular formula is C18H19ClN2O2. The molecule has 2 aliphatic heterocycles. The Morgan fingerprint density at radius 2 is 2.17 bits per heavy atom. The molecule has 2 aliphatic rings. The van der Waals surface area contributed by atoms with Gasteiger partial charge in [-0.3, -0.25) is 0 Å². The molecule has 1 N–H and O–H groups in total. The molecule has 120 valence electrons. The quantitative estimate of drug-likeness (QED) is 0.859. The third-order valence-electron chi connectivity index (χ3n) is 4.11. The molecule has 0 bridgehead atoms. The minimum atomic E-state index is -0.317. The summed E-state index contributed by atoms with van der Waals surface area (Å²) in [5.74, 6) is -0.317. The highest BCUT2D eigenvalue weighted by molar-refractivity contribution is 6.30. The van der Waals surface area contributed by atoms with Crippen LogP contribution in [0.3, 0.4) is 0 Å². The Balaban J connectivity index is 2.06. The van der Waals surface area contributed by atoms with E-state index < -0.39 is 0 Å². The zero-order chi connectivity index (χ0) is 16.6. The Morgan fingerprint density at radius 3 is 2.87 bits per heavy atom. The number of hydrogen-bond acceptors (Lipinski definition) is 4. The Hall–Kier alpha value is -2.20. The number of nitrogens with one attached hydrogen (secondary N) is 1. The molecule has 23 heavy (non-hydrogen) atoms. The van der Waals surface area contributed by atoms with E-state index in [1.54, 1.807) is 6.92 Å². The molecule has 1 atom stereocenters. The summed E-state index contributed by atoms with van der Waals surface area (Å²) in [6, 6.07) is 7.65. The van der Waals surface area contributed by atoms with Gasteiger partial charge in [0.2, 0.25) is 0 Å². The molecule has 4 nitrogen and oxygen atoms in total. The highest BCUT2D eigenvalue weighted by Gasteiger charge is 2.33. The van der Waals surface area contributed by atoms with Gasteiger partial charge < -0.3 is 15.0 Å². The second-order valence-corrected chi connectivity index (χ2v) is 6.02. The molecule has 0 aliphatic carbocycles. The van der Waals surface area contributed by atoms with Gasteiger partial charge in [-0.15, -0.1) is 0 Å². The van der Waals surface area contributed by atoms with Gasteiger partial charge in [-0.2, -0.15) is 0 Å². The number of ether oxygens (including phenoxy) is 1. The first kappa shape index (κ1) is 15.7. The summed E-state index contributed by atoms with van der Waals surface area (Å²) >= 11 is 6.14. The van der Waals surface area contributed by atoms with E-state index >= 15 is 0 Å². The summed E-state index contributed by atoms with van der Waals surface area (Å²) in [6.07, 6.45) is 3.69. The number of carbonyl (C=O) groups is 1. The zero-order valence-electron chi connectivity index (χ0n) is 13.4. The van der Waals surface area contributed by atoms with Crippen molar-refractivity contribution in [1.29, 1.82) is 0 Å². The van der Waals surface area contributed by atoms with E-state index in [0.717, 1.165) is 22.5 Å². The van der Waals surface area contributed by atoms with Crippen LogP contribution < -0.4 is 5.32 Å². The molecule has 5 heteroatoms.